The number of anilines is 1. The van der Waals surface area contributed by atoms with Gasteiger partial charge in [-0.2, -0.15) is 0 Å². The van der Waals surface area contributed by atoms with Crippen LogP contribution in [0.5, 0.6) is 17.2 Å². The fourth-order valence-corrected chi connectivity index (χ4v) is 1.63. The van der Waals surface area contributed by atoms with Gasteiger partial charge in [0.2, 0.25) is 0 Å². The van der Waals surface area contributed by atoms with Crippen LogP contribution in [0.1, 0.15) is 6.42 Å². The van der Waals surface area contributed by atoms with Crippen LogP contribution < -0.4 is 20.5 Å². The molecule has 122 valence electrons. The second kappa shape index (κ2) is 7.48. The number of phenolic OH excluding ortho intramolecular Hbond substituents is 1. The lowest BCUT2D eigenvalue weighted by Crippen LogP contribution is -2.38. The van der Waals surface area contributed by atoms with Crippen molar-refractivity contribution in [3.8, 4) is 17.2 Å². The highest BCUT2D eigenvalue weighted by molar-refractivity contribution is 5.96. The van der Waals surface area contributed by atoms with E-state index in [0.29, 0.717) is 0 Å². The van der Waals surface area contributed by atoms with Crippen molar-refractivity contribution in [3.63, 3.8) is 0 Å². The number of rotatable bonds is 7. The third-order valence-corrected chi connectivity index (χ3v) is 2.86. The SMILES string of the molecule is COc1cc(O)c(NC(=O)[C@@H](O)C[C@H](N)C(=O)O)cc1OC. The summed E-state index contributed by atoms with van der Waals surface area (Å²) in [5.41, 5.74) is 5.21. The first-order chi connectivity index (χ1) is 10.3. The average molecular weight is 314 g/mol. The van der Waals surface area contributed by atoms with Crippen LogP contribution in [0, 0.1) is 0 Å². The number of aliphatic carboxylic acids is 1. The molecular formula is C13H18N2O7. The fraction of sp³-hybridized carbons (Fsp3) is 0.385. The van der Waals surface area contributed by atoms with Gasteiger partial charge in [0.1, 0.15) is 17.9 Å². The Morgan fingerprint density at radius 2 is 1.82 bits per heavy atom. The lowest BCUT2D eigenvalue weighted by Gasteiger charge is -2.16. The molecule has 1 aromatic carbocycles. The fourth-order valence-electron chi connectivity index (χ4n) is 1.63. The van der Waals surface area contributed by atoms with Crippen LogP contribution >= 0.6 is 0 Å². The van der Waals surface area contributed by atoms with Crippen molar-refractivity contribution >= 4 is 17.6 Å². The Morgan fingerprint density at radius 1 is 1.27 bits per heavy atom. The number of phenols is 1. The highest BCUT2D eigenvalue weighted by atomic mass is 16.5. The van der Waals surface area contributed by atoms with Crippen molar-refractivity contribution in [2.75, 3.05) is 19.5 Å². The number of nitrogens with two attached hydrogens (primary N) is 1. The Labute approximate surface area is 126 Å². The second-order valence-corrected chi connectivity index (χ2v) is 4.41. The number of carboxylic acid groups (broad SMARTS) is 1. The molecule has 1 rings (SSSR count). The molecule has 0 saturated heterocycles. The Morgan fingerprint density at radius 3 is 2.32 bits per heavy atom. The Kier molecular flexibility index (Phi) is 5.96. The monoisotopic (exact) mass is 314 g/mol. The second-order valence-electron chi connectivity index (χ2n) is 4.41. The van der Waals surface area contributed by atoms with Gasteiger partial charge in [0.25, 0.3) is 5.91 Å². The number of nitrogens with one attached hydrogen (secondary N) is 1. The molecular weight excluding hydrogens is 296 g/mol. The molecule has 0 radical (unpaired) electrons. The first-order valence-electron chi connectivity index (χ1n) is 6.22. The van der Waals surface area contributed by atoms with E-state index in [9.17, 15) is 19.8 Å². The number of carboxylic acids is 1. The van der Waals surface area contributed by atoms with Crippen molar-refractivity contribution in [1.29, 1.82) is 0 Å². The number of hydrogen-bond acceptors (Lipinski definition) is 7. The molecule has 9 heteroatoms. The van der Waals surface area contributed by atoms with Crippen molar-refractivity contribution in [1.82, 2.24) is 0 Å². The van der Waals surface area contributed by atoms with Crippen molar-refractivity contribution in [2.24, 2.45) is 5.73 Å². The maximum Gasteiger partial charge on any atom is 0.320 e. The summed E-state index contributed by atoms with van der Waals surface area (Å²) in [6.07, 6.45) is -2.10. The Balaban J connectivity index is 2.85. The Hall–Kier alpha value is -2.52. The van der Waals surface area contributed by atoms with Crippen LogP contribution in [0.2, 0.25) is 0 Å². The zero-order valence-corrected chi connectivity index (χ0v) is 12.1. The topological polar surface area (TPSA) is 151 Å². The lowest BCUT2D eigenvalue weighted by atomic mass is 10.1. The molecule has 9 nitrogen and oxygen atoms in total. The standard InChI is InChI=1S/C13H18N2O7/c1-21-10-4-7(8(16)5-11(10)22-2)15-12(18)9(17)3-6(14)13(19)20/h4-6,9,16-17H,3,14H2,1-2H3,(H,15,18)(H,19,20)/t6-,9-/m0/s1. The number of carbonyl (C=O) groups excluding carboxylic acids is 1. The number of hydrogen-bond donors (Lipinski definition) is 5. The molecule has 0 aliphatic carbocycles. The molecule has 0 aliphatic rings. The van der Waals surface area contributed by atoms with Gasteiger partial charge in [0, 0.05) is 18.6 Å². The third kappa shape index (κ3) is 4.24. The molecule has 0 heterocycles. The highest BCUT2D eigenvalue weighted by Crippen LogP contribution is 2.37. The number of ether oxygens (including phenoxy) is 2. The van der Waals surface area contributed by atoms with E-state index in [-0.39, 0.29) is 22.9 Å². The number of aliphatic hydroxyl groups excluding tert-OH is 1. The van der Waals surface area contributed by atoms with Crippen LogP contribution in [0.25, 0.3) is 0 Å². The number of benzene rings is 1. The summed E-state index contributed by atoms with van der Waals surface area (Å²) < 4.78 is 10.00. The Bertz CT molecular complexity index is 562. The van der Waals surface area contributed by atoms with Crippen LogP contribution in [-0.2, 0) is 9.59 Å². The van der Waals surface area contributed by atoms with E-state index in [4.69, 9.17) is 20.3 Å². The summed E-state index contributed by atoms with van der Waals surface area (Å²) in [5.74, 6) is -2.03. The third-order valence-electron chi connectivity index (χ3n) is 2.86. The number of amides is 1. The molecule has 1 aromatic rings. The van der Waals surface area contributed by atoms with Gasteiger partial charge in [-0.05, 0) is 0 Å². The van der Waals surface area contributed by atoms with Crippen LogP contribution in [0.4, 0.5) is 5.69 Å². The summed E-state index contributed by atoms with van der Waals surface area (Å²) in [7, 11) is 2.76. The predicted octanol–water partition coefficient (Wildman–Crippen LogP) is -0.489. The lowest BCUT2D eigenvalue weighted by molar-refractivity contribution is -0.139. The largest absolute Gasteiger partial charge is 0.506 e. The van der Waals surface area contributed by atoms with Crippen molar-refractivity contribution in [3.05, 3.63) is 12.1 Å². The molecule has 0 unspecified atom stereocenters. The molecule has 2 atom stereocenters. The van der Waals surface area contributed by atoms with E-state index in [2.05, 4.69) is 5.32 Å². The summed E-state index contributed by atoms with van der Waals surface area (Å²) in [6.45, 7) is 0. The molecule has 0 spiro atoms. The molecule has 0 saturated carbocycles. The van der Waals surface area contributed by atoms with Gasteiger partial charge in [-0.15, -0.1) is 0 Å². The van der Waals surface area contributed by atoms with Gasteiger partial charge >= 0.3 is 5.97 Å². The highest BCUT2D eigenvalue weighted by Gasteiger charge is 2.23. The smallest absolute Gasteiger partial charge is 0.320 e. The normalized spacial score (nSPS) is 13.1. The van der Waals surface area contributed by atoms with E-state index >= 15 is 0 Å². The summed E-state index contributed by atoms with van der Waals surface area (Å²) >= 11 is 0. The summed E-state index contributed by atoms with van der Waals surface area (Å²) in [5, 5.41) is 30.3. The molecule has 1 amide bonds. The summed E-state index contributed by atoms with van der Waals surface area (Å²) in [6, 6.07) is 1.15. The zero-order valence-electron chi connectivity index (χ0n) is 12.1. The predicted molar refractivity (Wildman–Crippen MR) is 76.1 cm³/mol. The molecule has 0 aromatic heterocycles. The van der Waals surface area contributed by atoms with Crippen LogP contribution in [0.3, 0.4) is 0 Å². The molecule has 6 N–H and O–H groups in total. The van der Waals surface area contributed by atoms with Gasteiger partial charge in [0.15, 0.2) is 11.5 Å². The van der Waals surface area contributed by atoms with Gasteiger partial charge in [-0.1, -0.05) is 0 Å². The molecule has 22 heavy (non-hydrogen) atoms. The zero-order chi connectivity index (χ0) is 16.9. The van der Waals surface area contributed by atoms with Crippen molar-refractivity contribution < 1.29 is 34.4 Å². The minimum atomic E-state index is -1.64. The van der Waals surface area contributed by atoms with Crippen LogP contribution in [0.15, 0.2) is 12.1 Å². The van der Waals surface area contributed by atoms with Crippen LogP contribution in [-0.4, -0.2) is 53.6 Å². The maximum atomic E-state index is 11.8. The van der Waals surface area contributed by atoms with E-state index in [0.717, 1.165) is 0 Å². The number of methoxy groups -OCH3 is 2. The minimum absolute atomic E-state index is 0.0226. The quantitative estimate of drug-likeness (QED) is 0.423. The van der Waals surface area contributed by atoms with E-state index in [1.165, 1.54) is 26.4 Å². The van der Waals surface area contributed by atoms with Gasteiger partial charge in [0.05, 0.1) is 19.9 Å². The minimum Gasteiger partial charge on any atom is -0.506 e. The summed E-state index contributed by atoms with van der Waals surface area (Å²) in [4.78, 5) is 22.4. The van der Waals surface area contributed by atoms with E-state index < -0.39 is 30.4 Å². The van der Waals surface area contributed by atoms with E-state index in [1.807, 2.05) is 0 Å². The van der Waals surface area contributed by atoms with Gasteiger partial charge in [-0.3, -0.25) is 9.59 Å². The number of carbonyl (C=O) groups is 2. The van der Waals surface area contributed by atoms with Gasteiger partial charge in [-0.25, -0.2) is 0 Å². The number of aromatic hydroxyl groups is 1. The molecule has 0 aliphatic heterocycles. The van der Waals surface area contributed by atoms with Crippen molar-refractivity contribution in [2.45, 2.75) is 18.6 Å². The first kappa shape index (κ1) is 17.5. The maximum absolute atomic E-state index is 11.8. The van der Waals surface area contributed by atoms with E-state index in [1.54, 1.807) is 0 Å². The average Bonchev–Trinajstić information content (AvgIpc) is 2.48. The number of aliphatic hydroxyl groups is 1. The molecule has 0 fully saturated rings. The first-order valence-corrected chi connectivity index (χ1v) is 6.22. The molecule has 0 bridgehead atoms. The van der Waals surface area contributed by atoms with Gasteiger partial charge < -0.3 is 35.8 Å².